The standard InChI is InChI=1S/C16H18FNO2/c1-3-20-13-6-4-12(5-7-13)11-18-16-10-14(19-2)8-9-15(16)17/h4-10,18H,3,11H2,1-2H3. The molecule has 0 radical (unpaired) electrons. The molecule has 20 heavy (non-hydrogen) atoms. The van der Waals surface area contributed by atoms with Crippen molar-refractivity contribution in [2.24, 2.45) is 0 Å². The van der Waals surface area contributed by atoms with E-state index < -0.39 is 0 Å². The van der Waals surface area contributed by atoms with E-state index in [1.807, 2.05) is 31.2 Å². The Morgan fingerprint density at radius 2 is 1.75 bits per heavy atom. The number of rotatable bonds is 6. The second-order valence-electron chi connectivity index (χ2n) is 4.28. The first-order valence-electron chi connectivity index (χ1n) is 6.52. The summed E-state index contributed by atoms with van der Waals surface area (Å²) < 4.78 is 24.1. The van der Waals surface area contributed by atoms with Crippen molar-refractivity contribution in [1.29, 1.82) is 0 Å². The lowest BCUT2D eigenvalue weighted by atomic mass is 10.2. The second-order valence-corrected chi connectivity index (χ2v) is 4.28. The number of benzene rings is 2. The van der Waals surface area contributed by atoms with Crippen molar-refractivity contribution >= 4 is 5.69 Å². The number of halogens is 1. The van der Waals surface area contributed by atoms with Gasteiger partial charge in [-0.3, -0.25) is 0 Å². The largest absolute Gasteiger partial charge is 0.497 e. The van der Waals surface area contributed by atoms with Crippen LogP contribution < -0.4 is 14.8 Å². The van der Waals surface area contributed by atoms with Crippen molar-refractivity contribution in [1.82, 2.24) is 0 Å². The van der Waals surface area contributed by atoms with Gasteiger partial charge in [-0.05, 0) is 36.8 Å². The minimum Gasteiger partial charge on any atom is -0.497 e. The first kappa shape index (κ1) is 14.2. The Bertz CT molecular complexity index is 555. The maximum absolute atomic E-state index is 13.6. The van der Waals surface area contributed by atoms with Gasteiger partial charge in [0.05, 0.1) is 19.4 Å². The smallest absolute Gasteiger partial charge is 0.146 e. The third kappa shape index (κ3) is 3.63. The highest BCUT2D eigenvalue weighted by molar-refractivity contribution is 5.50. The molecule has 3 nitrogen and oxygen atoms in total. The Labute approximate surface area is 118 Å². The molecule has 2 aromatic rings. The Morgan fingerprint density at radius 1 is 1.05 bits per heavy atom. The van der Waals surface area contributed by atoms with Crippen LogP contribution in [0.5, 0.6) is 11.5 Å². The Hall–Kier alpha value is -2.23. The molecule has 2 aromatic carbocycles. The highest BCUT2D eigenvalue weighted by atomic mass is 19.1. The van der Waals surface area contributed by atoms with Crippen LogP contribution in [-0.2, 0) is 6.54 Å². The fraction of sp³-hybridized carbons (Fsp3) is 0.250. The summed E-state index contributed by atoms with van der Waals surface area (Å²) in [5, 5.41) is 3.06. The van der Waals surface area contributed by atoms with Crippen molar-refractivity contribution in [3.63, 3.8) is 0 Å². The van der Waals surface area contributed by atoms with Crippen molar-refractivity contribution in [2.45, 2.75) is 13.5 Å². The van der Waals surface area contributed by atoms with Crippen LogP contribution in [0.1, 0.15) is 12.5 Å². The van der Waals surface area contributed by atoms with Crippen LogP contribution in [0.2, 0.25) is 0 Å². The van der Waals surface area contributed by atoms with Crippen LogP contribution in [0.25, 0.3) is 0 Å². The molecular formula is C16H18FNO2. The lowest BCUT2D eigenvalue weighted by Crippen LogP contribution is -2.02. The molecule has 0 aromatic heterocycles. The van der Waals surface area contributed by atoms with Crippen LogP contribution in [0.15, 0.2) is 42.5 Å². The van der Waals surface area contributed by atoms with Crippen molar-refractivity contribution in [2.75, 3.05) is 19.0 Å². The lowest BCUT2D eigenvalue weighted by molar-refractivity contribution is 0.340. The molecule has 0 spiro atoms. The summed E-state index contributed by atoms with van der Waals surface area (Å²) in [6, 6.07) is 12.3. The zero-order valence-electron chi connectivity index (χ0n) is 11.7. The SMILES string of the molecule is CCOc1ccc(CNc2cc(OC)ccc2F)cc1. The molecule has 0 aliphatic heterocycles. The van der Waals surface area contributed by atoms with Crippen LogP contribution >= 0.6 is 0 Å². The molecule has 0 atom stereocenters. The predicted molar refractivity (Wildman–Crippen MR) is 77.9 cm³/mol. The number of nitrogens with one attached hydrogen (secondary N) is 1. The fourth-order valence-electron chi connectivity index (χ4n) is 1.83. The quantitative estimate of drug-likeness (QED) is 0.868. The van der Waals surface area contributed by atoms with Gasteiger partial charge in [0, 0.05) is 12.6 Å². The van der Waals surface area contributed by atoms with Gasteiger partial charge in [0.2, 0.25) is 0 Å². The molecule has 0 bridgehead atoms. The van der Waals surface area contributed by atoms with Crippen molar-refractivity contribution in [3.05, 3.63) is 53.8 Å². The summed E-state index contributed by atoms with van der Waals surface area (Å²) in [6.45, 7) is 3.13. The van der Waals surface area contributed by atoms with Crippen molar-refractivity contribution in [3.8, 4) is 11.5 Å². The molecule has 2 rings (SSSR count). The number of hydrogen-bond acceptors (Lipinski definition) is 3. The highest BCUT2D eigenvalue weighted by Gasteiger charge is 2.04. The highest BCUT2D eigenvalue weighted by Crippen LogP contribution is 2.22. The van der Waals surface area contributed by atoms with Crippen molar-refractivity contribution < 1.29 is 13.9 Å². The minimum atomic E-state index is -0.295. The van der Waals surface area contributed by atoms with Crippen LogP contribution in [-0.4, -0.2) is 13.7 Å². The number of hydrogen-bond donors (Lipinski definition) is 1. The van der Waals surface area contributed by atoms with Gasteiger partial charge in [0.15, 0.2) is 0 Å². The summed E-state index contributed by atoms with van der Waals surface area (Å²) in [6.07, 6.45) is 0. The summed E-state index contributed by atoms with van der Waals surface area (Å²) in [7, 11) is 1.56. The average Bonchev–Trinajstić information content (AvgIpc) is 2.48. The van der Waals surface area contributed by atoms with Gasteiger partial charge in [0.1, 0.15) is 17.3 Å². The molecular weight excluding hydrogens is 257 g/mol. The van der Waals surface area contributed by atoms with Gasteiger partial charge in [-0.1, -0.05) is 12.1 Å². The molecule has 0 saturated heterocycles. The minimum absolute atomic E-state index is 0.295. The normalized spacial score (nSPS) is 10.2. The summed E-state index contributed by atoms with van der Waals surface area (Å²) in [4.78, 5) is 0. The molecule has 106 valence electrons. The van der Waals surface area contributed by atoms with E-state index in [4.69, 9.17) is 9.47 Å². The predicted octanol–water partition coefficient (Wildman–Crippen LogP) is 3.85. The zero-order chi connectivity index (χ0) is 14.4. The summed E-state index contributed by atoms with van der Waals surface area (Å²) in [5.74, 6) is 1.17. The summed E-state index contributed by atoms with van der Waals surface area (Å²) >= 11 is 0. The Kier molecular flexibility index (Phi) is 4.82. The van der Waals surface area contributed by atoms with Gasteiger partial charge >= 0.3 is 0 Å². The second kappa shape index (κ2) is 6.80. The molecule has 0 unspecified atom stereocenters. The lowest BCUT2D eigenvalue weighted by Gasteiger charge is -2.10. The molecule has 0 amide bonds. The topological polar surface area (TPSA) is 30.5 Å². The van der Waals surface area contributed by atoms with E-state index in [0.717, 1.165) is 11.3 Å². The van der Waals surface area contributed by atoms with Gasteiger partial charge in [-0.2, -0.15) is 0 Å². The maximum Gasteiger partial charge on any atom is 0.146 e. The van der Waals surface area contributed by atoms with E-state index in [0.29, 0.717) is 24.6 Å². The Morgan fingerprint density at radius 3 is 2.40 bits per heavy atom. The number of anilines is 1. The van der Waals surface area contributed by atoms with Crippen LogP contribution in [0.4, 0.5) is 10.1 Å². The molecule has 0 saturated carbocycles. The summed E-state index contributed by atoms with van der Waals surface area (Å²) in [5.41, 5.74) is 1.48. The molecule has 1 N–H and O–H groups in total. The fourth-order valence-corrected chi connectivity index (χ4v) is 1.83. The molecule has 0 fully saturated rings. The first-order chi connectivity index (χ1) is 9.72. The van der Waals surface area contributed by atoms with Gasteiger partial charge < -0.3 is 14.8 Å². The molecule has 0 aliphatic rings. The molecule has 0 heterocycles. The number of ether oxygens (including phenoxy) is 2. The average molecular weight is 275 g/mol. The van der Waals surface area contributed by atoms with E-state index in [1.165, 1.54) is 6.07 Å². The molecule has 0 aliphatic carbocycles. The van der Waals surface area contributed by atoms with E-state index in [2.05, 4.69) is 5.32 Å². The van der Waals surface area contributed by atoms with E-state index in [-0.39, 0.29) is 5.82 Å². The van der Waals surface area contributed by atoms with Crippen LogP contribution in [0.3, 0.4) is 0 Å². The van der Waals surface area contributed by atoms with Gasteiger partial charge in [-0.15, -0.1) is 0 Å². The first-order valence-corrected chi connectivity index (χ1v) is 6.52. The van der Waals surface area contributed by atoms with Gasteiger partial charge in [-0.25, -0.2) is 4.39 Å². The third-order valence-electron chi connectivity index (χ3n) is 2.89. The van der Waals surface area contributed by atoms with Crippen LogP contribution in [0, 0.1) is 5.82 Å². The number of methoxy groups -OCH3 is 1. The van der Waals surface area contributed by atoms with Gasteiger partial charge in [0.25, 0.3) is 0 Å². The zero-order valence-corrected chi connectivity index (χ0v) is 11.7. The third-order valence-corrected chi connectivity index (χ3v) is 2.89. The monoisotopic (exact) mass is 275 g/mol. The maximum atomic E-state index is 13.6. The Balaban J connectivity index is 2.01. The van der Waals surface area contributed by atoms with E-state index in [9.17, 15) is 4.39 Å². The van der Waals surface area contributed by atoms with E-state index in [1.54, 1.807) is 19.2 Å². The molecule has 4 heteroatoms. The van der Waals surface area contributed by atoms with E-state index >= 15 is 0 Å².